The minimum absolute atomic E-state index is 0.0323. The molecule has 1 aliphatic rings. The largest absolute Gasteiger partial charge is 0.423 e. The van der Waals surface area contributed by atoms with E-state index in [0.717, 1.165) is 0 Å². The number of morpholine rings is 1. The molecule has 3 rings (SSSR count). The Morgan fingerprint density at radius 3 is 2.39 bits per heavy atom. The highest BCUT2D eigenvalue weighted by Crippen LogP contribution is 2.21. The second kappa shape index (κ2) is 8.51. The zero-order valence-corrected chi connectivity index (χ0v) is 16.1. The first-order valence-corrected chi connectivity index (χ1v) is 10.1. The van der Waals surface area contributed by atoms with Crippen LogP contribution in [0.2, 0.25) is 0 Å². The standard InChI is InChI=1S/C19H20N2O6S/c1-14(22)20-16-5-7-17(8-6-16)27-19(23)15-3-2-4-18(13-15)28(24,25)21-9-11-26-12-10-21/h2-8,13H,9-12H2,1H3,(H,20,22). The first kappa shape index (κ1) is 20.0. The first-order valence-electron chi connectivity index (χ1n) is 8.64. The first-order chi connectivity index (χ1) is 13.4. The Balaban J connectivity index is 1.74. The molecular formula is C19H20N2O6S. The maximum atomic E-state index is 12.7. The van der Waals surface area contributed by atoms with Gasteiger partial charge in [0.1, 0.15) is 5.75 Å². The Kier molecular flexibility index (Phi) is 6.08. The van der Waals surface area contributed by atoms with Crippen molar-refractivity contribution in [1.82, 2.24) is 4.31 Å². The molecule has 1 heterocycles. The predicted molar refractivity (Wildman–Crippen MR) is 102 cm³/mol. The van der Waals surface area contributed by atoms with E-state index in [2.05, 4.69) is 5.32 Å². The molecular weight excluding hydrogens is 384 g/mol. The number of nitrogens with one attached hydrogen (secondary N) is 1. The van der Waals surface area contributed by atoms with Gasteiger partial charge in [0.2, 0.25) is 15.9 Å². The van der Waals surface area contributed by atoms with Crippen LogP contribution >= 0.6 is 0 Å². The molecule has 0 bridgehead atoms. The molecule has 0 aliphatic carbocycles. The minimum atomic E-state index is -3.70. The van der Waals surface area contributed by atoms with Crippen molar-refractivity contribution < 1.29 is 27.5 Å². The number of sulfonamides is 1. The van der Waals surface area contributed by atoms with Gasteiger partial charge in [-0.2, -0.15) is 4.31 Å². The summed E-state index contributed by atoms with van der Waals surface area (Å²) in [7, 11) is -3.70. The smallest absolute Gasteiger partial charge is 0.343 e. The van der Waals surface area contributed by atoms with Gasteiger partial charge in [-0.1, -0.05) is 6.07 Å². The van der Waals surface area contributed by atoms with E-state index in [1.54, 1.807) is 12.1 Å². The van der Waals surface area contributed by atoms with Crippen LogP contribution in [0.4, 0.5) is 5.69 Å². The molecule has 0 aromatic heterocycles. The van der Waals surface area contributed by atoms with Crippen LogP contribution in [0.1, 0.15) is 17.3 Å². The number of amides is 1. The molecule has 2 aromatic carbocycles. The van der Waals surface area contributed by atoms with Gasteiger partial charge in [-0.3, -0.25) is 4.79 Å². The molecule has 0 spiro atoms. The van der Waals surface area contributed by atoms with Crippen molar-refractivity contribution in [3.8, 4) is 5.75 Å². The molecule has 1 saturated heterocycles. The average molecular weight is 404 g/mol. The van der Waals surface area contributed by atoms with Crippen LogP contribution in [-0.4, -0.2) is 50.9 Å². The lowest BCUT2D eigenvalue weighted by Gasteiger charge is -2.26. The fraction of sp³-hybridized carbons (Fsp3) is 0.263. The summed E-state index contributed by atoms with van der Waals surface area (Å²) < 4.78 is 37.3. The summed E-state index contributed by atoms with van der Waals surface area (Å²) in [5, 5.41) is 2.61. The van der Waals surface area contributed by atoms with E-state index in [0.29, 0.717) is 18.9 Å². The highest BCUT2D eigenvalue weighted by molar-refractivity contribution is 7.89. The van der Waals surface area contributed by atoms with E-state index in [4.69, 9.17) is 9.47 Å². The molecule has 8 nitrogen and oxygen atoms in total. The van der Waals surface area contributed by atoms with Gasteiger partial charge < -0.3 is 14.8 Å². The highest BCUT2D eigenvalue weighted by atomic mass is 32.2. The minimum Gasteiger partial charge on any atom is -0.423 e. The summed E-state index contributed by atoms with van der Waals surface area (Å²) in [6.45, 7) is 2.63. The number of nitrogens with zero attached hydrogens (tertiary/aromatic N) is 1. The van der Waals surface area contributed by atoms with Crippen molar-refractivity contribution in [2.45, 2.75) is 11.8 Å². The number of benzene rings is 2. The van der Waals surface area contributed by atoms with Crippen LogP contribution in [0.25, 0.3) is 0 Å². The molecule has 28 heavy (non-hydrogen) atoms. The van der Waals surface area contributed by atoms with Crippen LogP contribution in [0.15, 0.2) is 53.4 Å². The summed E-state index contributed by atoms with van der Waals surface area (Å²) in [5.41, 5.74) is 0.700. The molecule has 1 fully saturated rings. The molecule has 0 unspecified atom stereocenters. The Morgan fingerprint density at radius 1 is 1.07 bits per heavy atom. The topological polar surface area (TPSA) is 102 Å². The fourth-order valence-electron chi connectivity index (χ4n) is 2.70. The number of hydrogen-bond donors (Lipinski definition) is 1. The number of hydrogen-bond acceptors (Lipinski definition) is 6. The maximum Gasteiger partial charge on any atom is 0.343 e. The van der Waals surface area contributed by atoms with Crippen molar-refractivity contribution in [2.75, 3.05) is 31.6 Å². The van der Waals surface area contributed by atoms with E-state index in [1.807, 2.05) is 0 Å². The predicted octanol–water partition coefficient (Wildman–Crippen LogP) is 1.89. The molecule has 1 amide bonds. The third kappa shape index (κ3) is 4.75. The maximum absolute atomic E-state index is 12.7. The number of anilines is 1. The third-order valence-corrected chi connectivity index (χ3v) is 5.96. The van der Waals surface area contributed by atoms with E-state index in [1.165, 1.54) is 47.6 Å². The van der Waals surface area contributed by atoms with Gasteiger partial charge >= 0.3 is 5.97 Å². The van der Waals surface area contributed by atoms with Crippen molar-refractivity contribution >= 4 is 27.6 Å². The second-order valence-corrected chi connectivity index (χ2v) is 8.08. The van der Waals surface area contributed by atoms with Gasteiger partial charge in [-0.25, -0.2) is 13.2 Å². The molecule has 0 radical (unpaired) electrons. The summed E-state index contributed by atoms with van der Waals surface area (Å²) >= 11 is 0. The van der Waals surface area contributed by atoms with Gasteiger partial charge in [-0.15, -0.1) is 0 Å². The lowest BCUT2D eigenvalue weighted by molar-refractivity contribution is -0.114. The van der Waals surface area contributed by atoms with Gasteiger partial charge in [0.05, 0.1) is 23.7 Å². The van der Waals surface area contributed by atoms with E-state index in [9.17, 15) is 18.0 Å². The van der Waals surface area contributed by atoms with Crippen LogP contribution < -0.4 is 10.1 Å². The molecule has 148 valence electrons. The zero-order valence-electron chi connectivity index (χ0n) is 15.3. The second-order valence-electron chi connectivity index (χ2n) is 6.14. The molecule has 0 atom stereocenters. The third-order valence-electron chi connectivity index (χ3n) is 4.06. The zero-order chi connectivity index (χ0) is 20.1. The molecule has 2 aromatic rings. The fourth-order valence-corrected chi connectivity index (χ4v) is 4.15. The SMILES string of the molecule is CC(=O)Nc1ccc(OC(=O)c2cccc(S(=O)(=O)N3CCOCC3)c2)cc1. The Labute approximate surface area is 163 Å². The molecule has 1 N–H and O–H groups in total. The lowest BCUT2D eigenvalue weighted by atomic mass is 10.2. The number of carbonyl (C=O) groups is 2. The molecule has 1 aliphatic heterocycles. The van der Waals surface area contributed by atoms with Crippen molar-refractivity contribution in [3.63, 3.8) is 0 Å². The molecule has 9 heteroatoms. The Bertz CT molecular complexity index is 966. The summed E-state index contributed by atoms with van der Waals surface area (Å²) in [4.78, 5) is 23.5. The van der Waals surface area contributed by atoms with Gasteiger partial charge in [0.15, 0.2) is 0 Å². The van der Waals surface area contributed by atoms with E-state index in [-0.39, 0.29) is 35.2 Å². The number of rotatable bonds is 5. The van der Waals surface area contributed by atoms with Gasteiger partial charge in [-0.05, 0) is 42.5 Å². The summed E-state index contributed by atoms with van der Waals surface area (Å²) in [5.74, 6) is -0.602. The Hall–Kier alpha value is -2.75. The average Bonchev–Trinajstić information content (AvgIpc) is 2.70. The van der Waals surface area contributed by atoms with E-state index >= 15 is 0 Å². The Morgan fingerprint density at radius 2 is 1.75 bits per heavy atom. The number of ether oxygens (including phenoxy) is 2. The normalized spacial score (nSPS) is 15.0. The van der Waals surface area contributed by atoms with Crippen molar-refractivity contribution in [2.24, 2.45) is 0 Å². The summed E-state index contributed by atoms with van der Waals surface area (Å²) in [6, 6.07) is 12.0. The number of carbonyl (C=O) groups excluding carboxylic acids is 2. The van der Waals surface area contributed by atoms with Crippen molar-refractivity contribution in [1.29, 1.82) is 0 Å². The van der Waals surface area contributed by atoms with Crippen molar-refractivity contribution in [3.05, 3.63) is 54.1 Å². The van der Waals surface area contributed by atoms with E-state index < -0.39 is 16.0 Å². The van der Waals surface area contributed by atoms with Crippen LogP contribution in [0.3, 0.4) is 0 Å². The molecule has 0 saturated carbocycles. The van der Waals surface area contributed by atoms with Crippen LogP contribution in [-0.2, 0) is 19.6 Å². The quantitative estimate of drug-likeness (QED) is 0.603. The van der Waals surface area contributed by atoms with Crippen LogP contribution in [0.5, 0.6) is 5.75 Å². The lowest BCUT2D eigenvalue weighted by Crippen LogP contribution is -2.40. The van der Waals surface area contributed by atoms with Gasteiger partial charge in [0, 0.05) is 25.7 Å². The highest BCUT2D eigenvalue weighted by Gasteiger charge is 2.27. The van der Waals surface area contributed by atoms with Gasteiger partial charge in [0.25, 0.3) is 0 Å². The van der Waals surface area contributed by atoms with Crippen LogP contribution in [0, 0.1) is 0 Å². The number of esters is 1. The summed E-state index contributed by atoms with van der Waals surface area (Å²) in [6.07, 6.45) is 0. The monoisotopic (exact) mass is 404 g/mol.